The van der Waals surface area contributed by atoms with Crippen LogP contribution in [0.5, 0.6) is 0 Å². The molecule has 2 heterocycles. The van der Waals surface area contributed by atoms with E-state index in [4.69, 9.17) is 16.6 Å². The van der Waals surface area contributed by atoms with Gasteiger partial charge in [-0.3, -0.25) is 4.79 Å². The third-order valence-corrected chi connectivity index (χ3v) is 6.40. The van der Waals surface area contributed by atoms with Crippen molar-refractivity contribution in [1.29, 1.82) is 0 Å². The monoisotopic (exact) mass is 462 g/mol. The van der Waals surface area contributed by atoms with Crippen LogP contribution in [0, 0.1) is 0 Å². The van der Waals surface area contributed by atoms with Crippen LogP contribution in [0.25, 0.3) is 22.3 Å². The maximum Gasteiger partial charge on any atom is 0.251 e. The summed E-state index contributed by atoms with van der Waals surface area (Å²) in [6, 6.07) is 19.4. The number of carbonyl (C=O) groups excluding carboxylic acids is 1. The zero-order chi connectivity index (χ0) is 22.7. The Hall–Kier alpha value is -2.96. The lowest BCUT2D eigenvalue weighted by atomic mass is 9.99. The highest BCUT2D eigenvalue weighted by atomic mass is 35.5. The van der Waals surface area contributed by atoms with Crippen molar-refractivity contribution in [3.63, 3.8) is 0 Å². The van der Waals surface area contributed by atoms with E-state index in [1.165, 1.54) is 17.3 Å². The van der Waals surface area contributed by atoms with Crippen LogP contribution in [-0.4, -0.2) is 27.3 Å². The van der Waals surface area contributed by atoms with Crippen LogP contribution in [0.2, 0.25) is 5.02 Å². The standard InChI is InChI=1S/C25H23ClN4OS/c1-15(2)16-5-4-6-17(11-16)21-9-10-22-23(28-21)13-19(29-30-22)14-27-25(31)18-7-8-20(26)24(12-18)32-3/h4-13,15H,14H2,1-3H3,(H,27,31). The highest BCUT2D eigenvalue weighted by Gasteiger charge is 2.11. The largest absolute Gasteiger partial charge is 0.346 e. The molecule has 2 aromatic carbocycles. The van der Waals surface area contributed by atoms with Gasteiger partial charge in [0.15, 0.2) is 0 Å². The Bertz CT molecular complexity index is 1290. The summed E-state index contributed by atoms with van der Waals surface area (Å²) in [6.07, 6.45) is 1.92. The SMILES string of the molecule is CSc1cc(C(=O)NCc2cc3nc(-c4cccc(C(C)C)c4)ccc3nn2)ccc1Cl. The minimum Gasteiger partial charge on any atom is -0.346 e. The number of amides is 1. The zero-order valence-corrected chi connectivity index (χ0v) is 19.7. The van der Waals surface area contributed by atoms with Gasteiger partial charge in [0.2, 0.25) is 0 Å². The Kier molecular flexibility index (Phi) is 6.72. The minimum absolute atomic E-state index is 0.189. The fourth-order valence-corrected chi connectivity index (χ4v) is 4.20. The number of nitrogens with one attached hydrogen (secondary N) is 1. The van der Waals surface area contributed by atoms with Crippen LogP contribution in [0.4, 0.5) is 0 Å². The smallest absolute Gasteiger partial charge is 0.251 e. The first-order chi connectivity index (χ1) is 15.4. The van der Waals surface area contributed by atoms with Gasteiger partial charge in [0.1, 0.15) is 5.52 Å². The summed E-state index contributed by atoms with van der Waals surface area (Å²) in [4.78, 5) is 18.2. The Morgan fingerprint density at radius 2 is 1.88 bits per heavy atom. The molecule has 0 radical (unpaired) electrons. The third kappa shape index (κ3) is 4.92. The molecule has 1 N–H and O–H groups in total. The number of nitrogens with zero attached hydrogens (tertiary/aromatic N) is 3. The first kappa shape index (κ1) is 22.2. The van der Waals surface area contributed by atoms with Gasteiger partial charge in [0.25, 0.3) is 5.91 Å². The van der Waals surface area contributed by atoms with Crippen LogP contribution in [-0.2, 0) is 6.54 Å². The summed E-state index contributed by atoms with van der Waals surface area (Å²) in [7, 11) is 0. The lowest BCUT2D eigenvalue weighted by molar-refractivity contribution is 0.0950. The normalized spacial score (nSPS) is 11.2. The average molecular weight is 463 g/mol. The molecule has 32 heavy (non-hydrogen) atoms. The predicted octanol–water partition coefficient (Wildman–Crippen LogP) is 6.12. The van der Waals surface area contributed by atoms with Crippen molar-refractivity contribution in [2.45, 2.75) is 31.2 Å². The highest BCUT2D eigenvalue weighted by molar-refractivity contribution is 7.98. The summed E-state index contributed by atoms with van der Waals surface area (Å²) in [5, 5.41) is 12.0. The molecule has 0 aliphatic carbocycles. The third-order valence-electron chi connectivity index (χ3n) is 5.18. The van der Waals surface area contributed by atoms with Crippen molar-refractivity contribution in [2.75, 3.05) is 6.26 Å². The molecular weight excluding hydrogens is 440 g/mol. The molecule has 0 aliphatic rings. The van der Waals surface area contributed by atoms with E-state index in [2.05, 4.69) is 53.6 Å². The molecular formula is C25H23ClN4OS. The zero-order valence-electron chi connectivity index (χ0n) is 18.1. The van der Waals surface area contributed by atoms with Gasteiger partial charge in [-0.05, 0) is 60.2 Å². The molecule has 7 heteroatoms. The maximum absolute atomic E-state index is 12.6. The van der Waals surface area contributed by atoms with Gasteiger partial charge < -0.3 is 5.32 Å². The summed E-state index contributed by atoms with van der Waals surface area (Å²) in [5.41, 5.74) is 5.88. The molecule has 0 bridgehead atoms. The second-order valence-electron chi connectivity index (χ2n) is 7.75. The van der Waals surface area contributed by atoms with Crippen molar-refractivity contribution in [1.82, 2.24) is 20.5 Å². The van der Waals surface area contributed by atoms with Gasteiger partial charge in [-0.2, -0.15) is 5.10 Å². The summed E-state index contributed by atoms with van der Waals surface area (Å²) in [5.74, 6) is 0.259. The molecule has 0 atom stereocenters. The molecule has 0 saturated heterocycles. The molecule has 162 valence electrons. The Balaban J connectivity index is 1.54. The van der Waals surface area contributed by atoms with Gasteiger partial charge in [-0.1, -0.05) is 43.6 Å². The topological polar surface area (TPSA) is 67.8 Å². The number of thioether (sulfide) groups is 1. The number of hydrogen-bond acceptors (Lipinski definition) is 5. The average Bonchev–Trinajstić information content (AvgIpc) is 2.82. The number of aromatic nitrogens is 3. The van der Waals surface area contributed by atoms with E-state index in [1.807, 2.05) is 24.5 Å². The molecule has 0 aliphatic heterocycles. The Morgan fingerprint density at radius 3 is 2.66 bits per heavy atom. The van der Waals surface area contributed by atoms with Crippen molar-refractivity contribution < 1.29 is 4.79 Å². The van der Waals surface area contributed by atoms with Crippen LogP contribution in [0.3, 0.4) is 0 Å². The maximum atomic E-state index is 12.6. The van der Waals surface area contributed by atoms with Crippen LogP contribution in [0.15, 0.2) is 65.6 Å². The molecule has 4 rings (SSSR count). The Morgan fingerprint density at radius 1 is 1.03 bits per heavy atom. The number of rotatable bonds is 6. The molecule has 0 fully saturated rings. The minimum atomic E-state index is -0.189. The second kappa shape index (κ2) is 9.67. The summed E-state index contributed by atoms with van der Waals surface area (Å²) >= 11 is 7.63. The molecule has 0 saturated carbocycles. The number of hydrogen-bond donors (Lipinski definition) is 1. The number of halogens is 1. The fraction of sp³-hybridized carbons (Fsp3) is 0.200. The molecule has 0 unspecified atom stereocenters. The lowest BCUT2D eigenvalue weighted by Crippen LogP contribution is -2.23. The van der Waals surface area contributed by atoms with Gasteiger partial charge in [0, 0.05) is 16.0 Å². The number of benzene rings is 2. The number of pyridine rings is 1. The number of carbonyl (C=O) groups is 1. The lowest BCUT2D eigenvalue weighted by Gasteiger charge is -2.09. The fourth-order valence-electron chi connectivity index (χ4n) is 3.34. The van der Waals surface area contributed by atoms with E-state index in [0.29, 0.717) is 27.7 Å². The highest BCUT2D eigenvalue weighted by Crippen LogP contribution is 2.26. The quantitative estimate of drug-likeness (QED) is 0.349. The van der Waals surface area contributed by atoms with Crippen molar-refractivity contribution >= 4 is 40.3 Å². The van der Waals surface area contributed by atoms with Gasteiger partial charge in [-0.15, -0.1) is 16.9 Å². The summed E-state index contributed by atoms with van der Waals surface area (Å²) in [6.45, 7) is 4.61. The van der Waals surface area contributed by atoms with E-state index >= 15 is 0 Å². The van der Waals surface area contributed by atoms with Crippen molar-refractivity contribution in [3.8, 4) is 11.3 Å². The van der Waals surface area contributed by atoms with E-state index in [1.54, 1.807) is 18.2 Å². The van der Waals surface area contributed by atoms with Gasteiger partial charge in [0.05, 0.1) is 28.5 Å². The van der Waals surface area contributed by atoms with Crippen LogP contribution in [0.1, 0.15) is 41.4 Å². The second-order valence-corrected chi connectivity index (χ2v) is 9.00. The molecule has 1 amide bonds. The van der Waals surface area contributed by atoms with E-state index < -0.39 is 0 Å². The van der Waals surface area contributed by atoms with Gasteiger partial charge in [-0.25, -0.2) is 4.98 Å². The molecule has 2 aromatic heterocycles. The van der Waals surface area contributed by atoms with E-state index in [-0.39, 0.29) is 12.5 Å². The Labute approximate surface area is 196 Å². The van der Waals surface area contributed by atoms with Crippen molar-refractivity contribution in [3.05, 3.63) is 82.5 Å². The van der Waals surface area contributed by atoms with E-state index in [0.717, 1.165) is 21.7 Å². The predicted molar refractivity (Wildman–Crippen MR) is 131 cm³/mol. The first-order valence-corrected chi connectivity index (χ1v) is 11.9. The first-order valence-electron chi connectivity index (χ1n) is 10.3. The molecule has 5 nitrogen and oxygen atoms in total. The molecule has 0 spiro atoms. The number of fused-ring (bicyclic) bond motifs is 1. The van der Waals surface area contributed by atoms with Crippen LogP contribution < -0.4 is 5.32 Å². The molecule has 4 aromatic rings. The van der Waals surface area contributed by atoms with Crippen molar-refractivity contribution in [2.24, 2.45) is 0 Å². The van der Waals surface area contributed by atoms with E-state index in [9.17, 15) is 4.79 Å². The summed E-state index contributed by atoms with van der Waals surface area (Å²) < 4.78 is 0. The van der Waals surface area contributed by atoms with Crippen LogP contribution >= 0.6 is 23.4 Å². The van der Waals surface area contributed by atoms with Gasteiger partial charge >= 0.3 is 0 Å².